The van der Waals surface area contributed by atoms with E-state index in [4.69, 9.17) is 0 Å². The minimum atomic E-state index is -0.180. The highest BCUT2D eigenvalue weighted by molar-refractivity contribution is 6.28. The fourth-order valence-electron chi connectivity index (χ4n) is 1.84. The average molecular weight is 225 g/mol. The molecule has 1 aliphatic rings. The molecule has 3 heteroatoms. The Labute approximate surface area is 99.2 Å². The summed E-state index contributed by atoms with van der Waals surface area (Å²) in [4.78, 5) is 28.2. The van der Waals surface area contributed by atoms with Crippen molar-refractivity contribution in [1.29, 1.82) is 0 Å². The number of rotatable bonds is 2. The second kappa shape index (κ2) is 4.29. The monoisotopic (exact) mass is 225 g/mol. The van der Waals surface area contributed by atoms with Crippen LogP contribution in [0, 0.1) is 0 Å². The highest BCUT2D eigenvalue weighted by atomic mass is 16.1. The summed E-state index contributed by atoms with van der Waals surface area (Å²) >= 11 is 0. The van der Waals surface area contributed by atoms with E-state index in [9.17, 15) is 9.59 Å². The molecule has 3 nitrogen and oxygen atoms in total. The van der Waals surface area contributed by atoms with E-state index < -0.39 is 0 Å². The third-order valence-electron chi connectivity index (χ3n) is 2.63. The maximum atomic E-state index is 12.2. The number of carbonyl (C=O) groups excluding carboxylic acids is 2. The van der Waals surface area contributed by atoms with Gasteiger partial charge in [0, 0.05) is 29.1 Å². The fourth-order valence-corrected chi connectivity index (χ4v) is 1.84. The third-order valence-corrected chi connectivity index (χ3v) is 2.63. The van der Waals surface area contributed by atoms with Crippen molar-refractivity contribution in [3.8, 4) is 0 Å². The molecule has 1 aromatic heterocycles. The molecule has 0 N–H and O–H groups in total. The molecule has 0 bridgehead atoms. The first kappa shape index (κ1) is 11.2. The summed E-state index contributed by atoms with van der Waals surface area (Å²) < 4.78 is 0. The number of pyridine rings is 1. The molecule has 0 unspecified atom stereocenters. The summed E-state index contributed by atoms with van der Waals surface area (Å²) in [5, 5.41) is 0. The van der Waals surface area contributed by atoms with Crippen molar-refractivity contribution in [2.45, 2.75) is 6.92 Å². The van der Waals surface area contributed by atoms with E-state index in [1.807, 2.05) is 0 Å². The van der Waals surface area contributed by atoms with Crippen molar-refractivity contribution in [1.82, 2.24) is 4.98 Å². The van der Waals surface area contributed by atoms with Crippen molar-refractivity contribution in [3.05, 3.63) is 65.5 Å². The van der Waals surface area contributed by atoms with Crippen LogP contribution in [0.1, 0.15) is 27.6 Å². The Balaban J connectivity index is 2.72. The molecule has 0 fully saturated rings. The zero-order valence-electron chi connectivity index (χ0n) is 9.43. The quantitative estimate of drug-likeness (QED) is 0.777. The molecular weight excluding hydrogens is 214 g/mol. The number of Topliss-reactive ketones (excluding diaryl/α,β-unsaturated/α-hetero) is 2. The molecule has 1 heterocycles. The number of fused-ring (bicyclic) bond motifs is 1. The lowest BCUT2D eigenvalue weighted by molar-refractivity contribution is 0.0980. The Morgan fingerprint density at radius 2 is 1.88 bits per heavy atom. The van der Waals surface area contributed by atoms with Gasteiger partial charge in [-0.25, -0.2) is 0 Å². The SMILES string of the molecule is C=CC1=C(/C=C\C)C(=O)c2cnccc2C1=O. The Morgan fingerprint density at radius 3 is 2.53 bits per heavy atom. The summed E-state index contributed by atoms with van der Waals surface area (Å²) in [6.07, 6.45) is 7.72. The molecular formula is C14H11NO2. The number of nitrogens with zero attached hydrogens (tertiary/aromatic N) is 1. The molecule has 1 aliphatic carbocycles. The first-order valence-corrected chi connectivity index (χ1v) is 5.23. The first-order valence-electron chi connectivity index (χ1n) is 5.23. The predicted molar refractivity (Wildman–Crippen MR) is 64.9 cm³/mol. The van der Waals surface area contributed by atoms with Crippen LogP contribution in [-0.2, 0) is 0 Å². The summed E-state index contributed by atoms with van der Waals surface area (Å²) in [7, 11) is 0. The topological polar surface area (TPSA) is 47.0 Å². The van der Waals surface area contributed by atoms with Crippen molar-refractivity contribution in [2.24, 2.45) is 0 Å². The average Bonchev–Trinajstić information content (AvgIpc) is 2.36. The van der Waals surface area contributed by atoms with Crippen molar-refractivity contribution in [3.63, 3.8) is 0 Å². The maximum Gasteiger partial charge on any atom is 0.196 e. The highest BCUT2D eigenvalue weighted by Crippen LogP contribution is 2.26. The Morgan fingerprint density at radius 1 is 1.18 bits per heavy atom. The Bertz CT molecular complexity index is 580. The van der Waals surface area contributed by atoms with Crippen LogP contribution in [0.5, 0.6) is 0 Å². The van der Waals surface area contributed by atoms with E-state index in [-0.39, 0.29) is 11.6 Å². The molecule has 1 aromatic rings. The Kier molecular flexibility index (Phi) is 2.83. The minimum Gasteiger partial charge on any atom is -0.289 e. The highest BCUT2D eigenvalue weighted by Gasteiger charge is 2.29. The summed E-state index contributed by atoms with van der Waals surface area (Å²) in [5.41, 5.74) is 1.49. The summed E-state index contributed by atoms with van der Waals surface area (Å²) in [6.45, 7) is 5.39. The molecule has 0 aromatic carbocycles. The van der Waals surface area contributed by atoms with Crippen molar-refractivity contribution < 1.29 is 9.59 Å². The zero-order chi connectivity index (χ0) is 12.4. The fraction of sp³-hybridized carbons (Fsp3) is 0.0714. The second-order valence-corrected chi connectivity index (χ2v) is 3.61. The molecule has 0 saturated heterocycles. The maximum absolute atomic E-state index is 12.2. The largest absolute Gasteiger partial charge is 0.289 e. The van der Waals surface area contributed by atoms with E-state index >= 15 is 0 Å². The molecule has 0 spiro atoms. The third kappa shape index (κ3) is 1.65. The number of hydrogen-bond donors (Lipinski definition) is 0. The lowest BCUT2D eigenvalue weighted by Gasteiger charge is -2.16. The van der Waals surface area contributed by atoms with Gasteiger partial charge in [0.05, 0.1) is 5.56 Å². The van der Waals surface area contributed by atoms with Gasteiger partial charge in [0.15, 0.2) is 11.6 Å². The van der Waals surface area contributed by atoms with Crippen LogP contribution >= 0.6 is 0 Å². The Hall–Kier alpha value is -2.29. The van der Waals surface area contributed by atoms with Crippen molar-refractivity contribution >= 4 is 11.6 Å². The number of hydrogen-bond acceptors (Lipinski definition) is 3. The molecule has 84 valence electrons. The summed E-state index contributed by atoms with van der Waals surface area (Å²) in [6, 6.07) is 1.56. The second-order valence-electron chi connectivity index (χ2n) is 3.61. The molecule has 2 rings (SSSR count). The van der Waals surface area contributed by atoms with Crippen LogP contribution in [-0.4, -0.2) is 16.6 Å². The van der Waals surface area contributed by atoms with Gasteiger partial charge in [0.25, 0.3) is 0 Å². The van der Waals surface area contributed by atoms with E-state index in [0.717, 1.165) is 0 Å². The molecule has 0 amide bonds. The normalized spacial score (nSPS) is 15.4. The van der Waals surface area contributed by atoms with Gasteiger partial charge in [-0.2, -0.15) is 0 Å². The molecule has 0 aliphatic heterocycles. The lowest BCUT2D eigenvalue weighted by atomic mass is 9.85. The minimum absolute atomic E-state index is 0.176. The van der Waals surface area contributed by atoms with E-state index in [1.54, 1.807) is 25.1 Å². The number of ketones is 2. The molecule has 0 atom stereocenters. The van der Waals surface area contributed by atoms with Crippen LogP contribution in [0.25, 0.3) is 0 Å². The smallest absolute Gasteiger partial charge is 0.196 e. The number of allylic oxidation sites excluding steroid dienone is 5. The van der Waals surface area contributed by atoms with Crippen LogP contribution in [0.2, 0.25) is 0 Å². The van der Waals surface area contributed by atoms with Gasteiger partial charge in [-0.05, 0) is 13.0 Å². The first-order chi connectivity index (χ1) is 8.20. The van der Waals surface area contributed by atoms with Crippen LogP contribution in [0.3, 0.4) is 0 Å². The van der Waals surface area contributed by atoms with Gasteiger partial charge in [-0.3, -0.25) is 14.6 Å². The van der Waals surface area contributed by atoms with Crippen LogP contribution in [0.15, 0.2) is 54.4 Å². The van der Waals surface area contributed by atoms with Gasteiger partial charge in [0.2, 0.25) is 0 Å². The van der Waals surface area contributed by atoms with Gasteiger partial charge in [0.1, 0.15) is 0 Å². The molecule has 0 radical (unpaired) electrons. The standard InChI is InChI=1S/C14H11NO2/c1-3-5-10-9(4-2)13(16)11-6-7-15-8-12(11)14(10)17/h3-8H,2H2,1H3/b5-3-. The van der Waals surface area contributed by atoms with Crippen LogP contribution in [0.4, 0.5) is 0 Å². The van der Waals surface area contributed by atoms with Gasteiger partial charge in [-0.15, -0.1) is 0 Å². The van der Waals surface area contributed by atoms with Gasteiger partial charge >= 0.3 is 0 Å². The number of aromatic nitrogens is 1. The van der Waals surface area contributed by atoms with E-state index in [2.05, 4.69) is 11.6 Å². The van der Waals surface area contributed by atoms with E-state index in [0.29, 0.717) is 22.3 Å². The summed E-state index contributed by atoms with van der Waals surface area (Å²) in [5.74, 6) is -0.356. The van der Waals surface area contributed by atoms with E-state index in [1.165, 1.54) is 18.5 Å². The predicted octanol–water partition coefficient (Wildman–Crippen LogP) is 2.52. The molecule has 17 heavy (non-hydrogen) atoms. The van der Waals surface area contributed by atoms with Crippen molar-refractivity contribution in [2.75, 3.05) is 0 Å². The molecule has 0 saturated carbocycles. The lowest BCUT2D eigenvalue weighted by Crippen LogP contribution is -2.20. The van der Waals surface area contributed by atoms with Gasteiger partial charge < -0.3 is 0 Å². The zero-order valence-corrected chi connectivity index (χ0v) is 9.43. The number of carbonyl (C=O) groups is 2. The van der Waals surface area contributed by atoms with Gasteiger partial charge in [-0.1, -0.05) is 24.8 Å². The van der Waals surface area contributed by atoms with Crippen LogP contribution < -0.4 is 0 Å².